The zero-order chi connectivity index (χ0) is 27.3. The van der Waals surface area contributed by atoms with Gasteiger partial charge in [0.05, 0.1) is 5.69 Å². The topological polar surface area (TPSA) is 16.4 Å². The van der Waals surface area contributed by atoms with Crippen LogP contribution in [-0.4, -0.2) is 0 Å². The number of benzene rings is 7. The maximum atomic E-state index is 6.63. The lowest BCUT2D eigenvalue weighted by atomic mass is 9.98. The number of anilines is 3. The van der Waals surface area contributed by atoms with Gasteiger partial charge < -0.3 is 9.32 Å². The van der Waals surface area contributed by atoms with Crippen molar-refractivity contribution >= 4 is 72.1 Å². The molecule has 2 nitrogen and oxygen atoms in total. The summed E-state index contributed by atoms with van der Waals surface area (Å²) < 4.78 is 6.17. The number of nitrogens with zero attached hydrogens (tertiary/aromatic N) is 1. The molecule has 0 amide bonds. The number of halogens is 1. The fourth-order valence-electron chi connectivity index (χ4n) is 5.96. The van der Waals surface area contributed by atoms with Gasteiger partial charge in [0.1, 0.15) is 11.2 Å². The van der Waals surface area contributed by atoms with E-state index in [2.05, 4.69) is 126 Å². The molecule has 0 aliphatic carbocycles. The van der Waals surface area contributed by atoms with Crippen molar-refractivity contribution in [2.45, 2.75) is 0 Å². The molecular formula is C38H24ClNO. The zero-order valence-corrected chi connectivity index (χ0v) is 22.8. The van der Waals surface area contributed by atoms with Crippen LogP contribution in [0.25, 0.3) is 54.6 Å². The van der Waals surface area contributed by atoms with Gasteiger partial charge >= 0.3 is 0 Å². The first-order valence-corrected chi connectivity index (χ1v) is 14.1. The summed E-state index contributed by atoms with van der Waals surface area (Å²) in [5.41, 5.74) is 7.32. The number of rotatable bonds is 4. The highest BCUT2D eigenvalue weighted by molar-refractivity contribution is 6.32. The first-order valence-electron chi connectivity index (χ1n) is 13.7. The standard InChI is InChI=1S/C38H24ClNO/c39-28-16-20-32-31-11-5-4-10-27(31)22-36(34(32)23-28)40(29-17-14-26(15-18-29)25-8-2-1-3-9-25)30-19-21-38-35(24-30)33-12-6-7-13-37(33)41-38/h1-24H. The van der Waals surface area contributed by atoms with Crippen molar-refractivity contribution in [2.75, 3.05) is 4.90 Å². The number of hydrogen-bond acceptors (Lipinski definition) is 2. The molecule has 7 aromatic carbocycles. The number of para-hydroxylation sites is 1. The van der Waals surface area contributed by atoms with E-state index in [-0.39, 0.29) is 0 Å². The van der Waals surface area contributed by atoms with Gasteiger partial charge in [-0.25, -0.2) is 0 Å². The second-order valence-corrected chi connectivity index (χ2v) is 10.8. The van der Waals surface area contributed by atoms with Crippen LogP contribution in [0, 0.1) is 0 Å². The molecule has 1 aromatic heterocycles. The molecule has 0 N–H and O–H groups in total. The molecule has 8 rings (SSSR count). The molecule has 8 aromatic rings. The molecule has 0 spiro atoms. The maximum absolute atomic E-state index is 6.63. The minimum Gasteiger partial charge on any atom is -0.456 e. The summed E-state index contributed by atoms with van der Waals surface area (Å²) in [5, 5.41) is 7.56. The van der Waals surface area contributed by atoms with Gasteiger partial charge in [-0.1, -0.05) is 103 Å². The fourth-order valence-corrected chi connectivity index (χ4v) is 6.13. The number of hydrogen-bond donors (Lipinski definition) is 0. The van der Waals surface area contributed by atoms with Gasteiger partial charge in [-0.15, -0.1) is 0 Å². The predicted octanol–water partition coefficient (Wildman–Crippen LogP) is 11.7. The van der Waals surface area contributed by atoms with Gasteiger partial charge in [0.2, 0.25) is 0 Å². The Morgan fingerprint density at radius 3 is 1.98 bits per heavy atom. The minimum absolute atomic E-state index is 0.713. The quantitative estimate of drug-likeness (QED) is 0.204. The number of fused-ring (bicyclic) bond motifs is 6. The second-order valence-electron chi connectivity index (χ2n) is 10.3. The first kappa shape index (κ1) is 23.8. The summed E-state index contributed by atoms with van der Waals surface area (Å²) in [4.78, 5) is 2.33. The molecule has 0 fully saturated rings. The third-order valence-electron chi connectivity index (χ3n) is 7.89. The predicted molar refractivity (Wildman–Crippen MR) is 174 cm³/mol. The van der Waals surface area contributed by atoms with E-state index in [4.69, 9.17) is 16.0 Å². The molecule has 194 valence electrons. The van der Waals surface area contributed by atoms with Crippen LogP contribution in [0.3, 0.4) is 0 Å². The number of furan rings is 1. The lowest BCUT2D eigenvalue weighted by Crippen LogP contribution is -2.10. The van der Waals surface area contributed by atoms with Crippen molar-refractivity contribution in [3.63, 3.8) is 0 Å². The Balaban J connectivity index is 1.41. The van der Waals surface area contributed by atoms with Crippen LogP contribution in [0.4, 0.5) is 17.1 Å². The molecule has 0 radical (unpaired) electrons. The monoisotopic (exact) mass is 545 g/mol. The van der Waals surface area contributed by atoms with Crippen molar-refractivity contribution < 1.29 is 4.42 Å². The molecule has 0 saturated heterocycles. The molecule has 0 saturated carbocycles. The Labute approximate surface area is 242 Å². The normalized spacial score (nSPS) is 11.5. The first-order chi connectivity index (χ1) is 20.2. The van der Waals surface area contributed by atoms with Gasteiger partial charge in [-0.2, -0.15) is 0 Å². The third kappa shape index (κ3) is 4.04. The second kappa shape index (κ2) is 9.55. The van der Waals surface area contributed by atoms with Crippen molar-refractivity contribution in [2.24, 2.45) is 0 Å². The Bertz CT molecular complexity index is 2210. The minimum atomic E-state index is 0.713. The molecule has 0 bridgehead atoms. The Morgan fingerprint density at radius 2 is 1.12 bits per heavy atom. The van der Waals surface area contributed by atoms with Crippen molar-refractivity contribution in [1.82, 2.24) is 0 Å². The highest BCUT2D eigenvalue weighted by Crippen LogP contribution is 2.44. The smallest absolute Gasteiger partial charge is 0.135 e. The van der Waals surface area contributed by atoms with E-state index < -0.39 is 0 Å². The van der Waals surface area contributed by atoms with E-state index in [1.807, 2.05) is 24.3 Å². The van der Waals surface area contributed by atoms with Crippen LogP contribution in [0.2, 0.25) is 5.02 Å². The molecular weight excluding hydrogens is 522 g/mol. The van der Waals surface area contributed by atoms with Gasteiger partial charge in [-0.05, 0) is 81.9 Å². The van der Waals surface area contributed by atoms with E-state index in [1.54, 1.807) is 0 Å². The lowest BCUT2D eigenvalue weighted by molar-refractivity contribution is 0.669. The van der Waals surface area contributed by atoms with Crippen molar-refractivity contribution in [3.05, 3.63) is 151 Å². The van der Waals surface area contributed by atoms with Gasteiger partial charge in [0, 0.05) is 32.6 Å². The van der Waals surface area contributed by atoms with Gasteiger partial charge in [0.15, 0.2) is 0 Å². The summed E-state index contributed by atoms with van der Waals surface area (Å²) in [7, 11) is 0. The summed E-state index contributed by atoms with van der Waals surface area (Å²) in [6.45, 7) is 0. The van der Waals surface area contributed by atoms with Crippen LogP contribution in [-0.2, 0) is 0 Å². The lowest BCUT2D eigenvalue weighted by Gasteiger charge is -2.28. The van der Waals surface area contributed by atoms with E-state index in [0.717, 1.165) is 44.4 Å². The highest BCUT2D eigenvalue weighted by atomic mass is 35.5. The molecule has 1 heterocycles. The van der Waals surface area contributed by atoms with Crippen LogP contribution in [0.5, 0.6) is 0 Å². The average Bonchev–Trinajstić information content (AvgIpc) is 3.40. The fraction of sp³-hybridized carbons (Fsp3) is 0. The van der Waals surface area contributed by atoms with Crippen molar-refractivity contribution in [3.8, 4) is 11.1 Å². The molecule has 0 unspecified atom stereocenters. The van der Waals surface area contributed by atoms with E-state index >= 15 is 0 Å². The van der Waals surface area contributed by atoms with Gasteiger partial charge in [0.25, 0.3) is 0 Å². The van der Waals surface area contributed by atoms with E-state index in [0.29, 0.717) is 5.02 Å². The molecule has 0 atom stereocenters. The SMILES string of the molecule is Clc1ccc2c(c1)c(N(c1ccc(-c3ccccc3)cc1)c1ccc3oc4ccccc4c3c1)cc1ccccc12. The van der Waals surface area contributed by atoms with Gasteiger partial charge in [-0.3, -0.25) is 0 Å². The van der Waals surface area contributed by atoms with Crippen molar-refractivity contribution in [1.29, 1.82) is 0 Å². The van der Waals surface area contributed by atoms with Crippen LogP contribution < -0.4 is 4.90 Å². The Kier molecular flexibility index (Phi) is 5.54. The molecule has 0 aliphatic rings. The summed E-state index contributed by atoms with van der Waals surface area (Å²) in [6, 6.07) is 50.9. The molecule has 41 heavy (non-hydrogen) atoms. The van der Waals surface area contributed by atoms with E-state index in [9.17, 15) is 0 Å². The largest absolute Gasteiger partial charge is 0.456 e. The Hall–Kier alpha value is -5.05. The maximum Gasteiger partial charge on any atom is 0.135 e. The highest BCUT2D eigenvalue weighted by Gasteiger charge is 2.19. The van der Waals surface area contributed by atoms with Crippen LogP contribution >= 0.6 is 11.6 Å². The summed E-state index contributed by atoms with van der Waals surface area (Å²) >= 11 is 6.63. The van der Waals surface area contributed by atoms with Crippen LogP contribution in [0.15, 0.2) is 150 Å². The van der Waals surface area contributed by atoms with E-state index in [1.165, 1.54) is 27.3 Å². The average molecular weight is 546 g/mol. The zero-order valence-electron chi connectivity index (χ0n) is 22.1. The summed E-state index contributed by atoms with van der Waals surface area (Å²) in [5.74, 6) is 0. The Morgan fingerprint density at radius 1 is 0.439 bits per heavy atom. The molecule has 3 heteroatoms. The third-order valence-corrected chi connectivity index (χ3v) is 8.13. The van der Waals surface area contributed by atoms with Crippen LogP contribution in [0.1, 0.15) is 0 Å². The summed E-state index contributed by atoms with van der Waals surface area (Å²) in [6.07, 6.45) is 0. The molecule has 0 aliphatic heterocycles.